The van der Waals surface area contributed by atoms with E-state index < -0.39 is 26.8 Å². The lowest BCUT2D eigenvalue weighted by molar-refractivity contribution is -0.384. The van der Waals surface area contributed by atoms with E-state index in [-0.39, 0.29) is 10.6 Å². The minimum Gasteiger partial charge on any atom is -0.317 e. The summed E-state index contributed by atoms with van der Waals surface area (Å²) in [4.78, 5) is 33.6. The molecule has 0 heterocycles. The van der Waals surface area contributed by atoms with Gasteiger partial charge in [-0.1, -0.05) is 17.7 Å². The Labute approximate surface area is 155 Å². The molecule has 0 aliphatic rings. The van der Waals surface area contributed by atoms with Gasteiger partial charge in [0, 0.05) is 17.8 Å². The zero-order valence-corrected chi connectivity index (χ0v) is 15.6. The molecule has 0 atom stereocenters. The van der Waals surface area contributed by atoms with E-state index >= 15 is 0 Å². The molecule has 142 valence electrons. The first-order valence-corrected chi connectivity index (χ1v) is 9.20. The van der Waals surface area contributed by atoms with Crippen LogP contribution >= 0.6 is 0 Å². The Morgan fingerprint density at radius 2 is 1.48 bits per heavy atom. The molecule has 9 nitrogen and oxygen atoms in total. The molecule has 2 rings (SSSR count). The highest BCUT2D eigenvalue weighted by Gasteiger charge is 2.24. The van der Waals surface area contributed by atoms with Gasteiger partial charge < -0.3 is 5.32 Å². The SMILES string of the molecule is Cc1cc(C)c(NC(=O)C(=O)NS(=O)(=O)c2ccc([N+](=O)[O-])cc2)c(C)c1. The molecular formula is C17H17N3O6S. The van der Waals surface area contributed by atoms with Gasteiger partial charge >= 0.3 is 11.8 Å². The minimum absolute atomic E-state index is 0.302. The number of sulfonamides is 1. The van der Waals surface area contributed by atoms with Crippen LogP contribution in [0.25, 0.3) is 0 Å². The molecule has 0 bridgehead atoms. The summed E-state index contributed by atoms with van der Waals surface area (Å²) in [6.45, 7) is 5.39. The maximum Gasteiger partial charge on any atom is 0.323 e. The lowest BCUT2D eigenvalue weighted by atomic mass is 10.1. The molecule has 0 radical (unpaired) electrons. The smallest absolute Gasteiger partial charge is 0.317 e. The summed E-state index contributed by atoms with van der Waals surface area (Å²) in [6.07, 6.45) is 0. The number of non-ortho nitro benzene ring substituents is 1. The van der Waals surface area contributed by atoms with Crippen molar-refractivity contribution in [1.29, 1.82) is 0 Å². The minimum atomic E-state index is -4.35. The summed E-state index contributed by atoms with van der Waals surface area (Å²) >= 11 is 0. The third-order valence-electron chi connectivity index (χ3n) is 3.71. The van der Waals surface area contributed by atoms with Gasteiger partial charge in [0.25, 0.3) is 15.7 Å². The van der Waals surface area contributed by atoms with Crippen molar-refractivity contribution < 1.29 is 22.9 Å². The average molecular weight is 391 g/mol. The molecule has 0 aliphatic heterocycles. The highest BCUT2D eigenvalue weighted by atomic mass is 32.2. The van der Waals surface area contributed by atoms with Crippen LogP contribution in [0.2, 0.25) is 0 Å². The lowest BCUT2D eigenvalue weighted by Gasteiger charge is -2.13. The molecule has 2 aromatic rings. The Bertz CT molecular complexity index is 1010. The number of benzene rings is 2. The highest BCUT2D eigenvalue weighted by Crippen LogP contribution is 2.22. The van der Waals surface area contributed by atoms with Crippen molar-refractivity contribution in [2.75, 3.05) is 5.32 Å². The van der Waals surface area contributed by atoms with Gasteiger partial charge in [0.1, 0.15) is 0 Å². The van der Waals surface area contributed by atoms with E-state index in [1.54, 1.807) is 18.6 Å². The van der Waals surface area contributed by atoms with Crippen molar-refractivity contribution in [3.05, 3.63) is 63.2 Å². The van der Waals surface area contributed by atoms with E-state index in [0.29, 0.717) is 5.69 Å². The largest absolute Gasteiger partial charge is 0.323 e. The van der Waals surface area contributed by atoms with Crippen LogP contribution in [0.5, 0.6) is 0 Å². The molecule has 0 saturated carbocycles. The van der Waals surface area contributed by atoms with Gasteiger partial charge in [0.2, 0.25) is 0 Å². The summed E-state index contributed by atoms with van der Waals surface area (Å²) in [5, 5.41) is 13.0. The topological polar surface area (TPSA) is 135 Å². The predicted molar refractivity (Wildman–Crippen MR) is 97.7 cm³/mol. The molecule has 2 N–H and O–H groups in total. The molecule has 27 heavy (non-hydrogen) atoms. The van der Waals surface area contributed by atoms with Crippen molar-refractivity contribution in [1.82, 2.24) is 4.72 Å². The van der Waals surface area contributed by atoms with E-state index in [1.165, 1.54) is 0 Å². The molecular weight excluding hydrogens is 374 g/mol. The summed E-state index contributed by atoms with van der Waals surface area (Å²) in [7, 11) is -4.35. The number of carbonyl (C=O) groups excluding carboxylic acids is 2. The third-order valence-corrected chi connectivity index (χ3v) is 5.05. The Morgan fingerprint density at radius 3 is 1.96 bits per heavy atom. The van der Waals surface area contributed by atoms with Crippen LogP contribution in [0.15, 0.2) is 41.3 Å². The number of hydrogen-bond donors (Lipinski definition) is 2. The van der Waals surface area contributed by atoms with Gasteiger partial charge in [-0.05, 0) is 44.0 Å². The summed E-state index contributed by atoms with van der Waals surface area (Å²) in [5.74, 6) is -2.51. The standard InChI is InChI=1S/C17H17N3O6S/c1-10-8-11(2)15(12(3)9-10)18-16(21)17(22)19-27(25,26)14-6-4-13(5-7-14)20(23)24/h4-9H,1-3H3,(H,18,21)(H,19,22). The second kappa shape index (κ2) is 7.54. The molecule has 10 heteroatoms. The van der Waals surface area contributed by atoms with Crippen molar-refractivity contribution in [3.63, 3.8) is 0 Å². The number of rotatable bonds is 4. The fourth-order valence-electron chi connectivity index (χ4n) is 2.52. The van der Waals surface area contributed by atoms with E-state index in [9.17, 15) is 28.1 Å². The Kier molecular flexibility index (Phi) is 5.60. The van der Waals surface area contributed by atoms with Crippen LogP contribution in [-0.4, -0.2) is 25.2 Å². The number of carbonyl (C=O) groups is 2. The fourth-order valence-corrected chi connectivity index (χ4v) is 3.47. The van der Waals surface area contributed by atoms with E-state index in [4.69, 9.17) is 0 Å². The number of nitro groups is 1. The maximum atomic E-state index is 12.2. The van der Waals surface area contributed by atoms with Crippen LogP contribution in [0.1, 0.15) is 16.7 Å². The van der Waals surface area contributed by atoms with Gasteiger partial charge in [0.05, 0.1) is 9.82 Å². The first-order valence-electron chi connectivity index (χ1n) is 7.71. The Balaban J connectivity index is 2.16. The van der Waals surface area contributed by atoms with Crippen LogP contribution in [-0.2, 0) is 19.6 Å². The number of nitro benzene ring substituents is 1. The molecule has 2 aromatic carbocycles. The van der Waals surface area contributed by atoms with E-state index in [1.807, 2.05) is 19.1 Å². The van der Waals surface area contributed by atoms with E-state index in [2.05, 4.69) is 5.32 Å². The summed E-state index contributed by atoms with van der Waals surface area (Å²) in [5.41, 5.74) is 2.56. The number of amides is 2. The average Bonchev–Trinajstić information content (AvgIpc) is 2.57. The monoisotopic (exact) mass is 391 g/mol. The van der Waals surface area contributed by atoms with E-state index in [0.717, 1.165) is 41.0 Å². The second-order valence-electron chi connectivity index (χ2n) is 5.91. The van der Waals surface area contributed by atoms with Crippen LogP contribution in [0.3, 0.4) is 0 Å². The van der Waals surface area contributed by atoms with Gasteiger partial charge in [0.15, 0.2) is 0 Å². The van der Waals surface area contributed by atoms with Crippen molar-refractivity contribution in [2.24, 2.45) is 0 Å². The number of hydrogen-bond acceptors (Lipinski definition) is 6. The van der Waals surface area contributed by atoms with Gasteiger partial charge in [-0.3, -0.25) is 19.7 Å². The maximum absolute atomic E-state index is 12.2. The number of aryl methyl sites for hydroxylation is 3. The molecule has 0 aliphatic carbocycles. The van der Waals surface area contributed by atoms with Crippen LogP contribution in [0, 0.1) is 30.9 Å². The summed E-state index contributed by atoms with van der Waals surface area (Å²) < 4.78 is 26.0. The fraction of sp³-hybridized carbons (Fsp3) is 0.176. The molecule has 0 unspecified atom stereocenters. The first-order chi connectivity index (χ1) is 12.5. The molecule has 0 fully saturated rings. The normalized spacial score (nSPS) is 10.9. The number of nitrogens with zero attached hydrogens (tertiary/aromatic N) is 1. The van der Waals surface area contributed by atoms with Gasteiger partial charge in [-0.15, -0.1) is 0 Å². The zero-order chi connectivity index (χ0) is 20.4. The van der Waals surface area contributed by atoms with Crippen molar-refractivity contribution >= 4 is 33.2 Å². The summed E-state index contributed by atoms with van der Waals surface area (Å²) in [6, 6.07) is 7.54. The molecule has 0 saturated heterocycles. The number of anilines is 1. The Hall–Kier alpha value is -3.27. The highest BCUT2D eigenvalue weighted by molar-refractivity contribution is 7.90. The third kappa shape index (κ3) is 4.67. The van der Waals surface area contributed by atoms with Crippen LogP contribution in [0.4, 0.5) is 11.4 Å². The Morgan fingerprint density at radius 1 is 0.963 bits per heavy atom. The van der Waals surface area contributed by atoms with Gasteiger partial charge in [-0.2, -0.15) is 0 Å². The molecule has 0 aromatic heterocycles. The number of nitrogens with one attached hydrogen (secondary N) is 2. The predicted octanol–water partition coefficient (Wildman–Crippen LogP) is 1.96. The first kappa shape index (κ1) is 20.0. The quantitative estimate of drug-likeness (QED) is 0.465. The zero-order valence-electron chi connectivity index (χ0n) is 14.8. The molecule has 2 amide bonds. The van der Waals surface area contributed by atoms with Crippen molar-refractivity contribution in [2.45, 2.75) is 25.7 Å². The molecule has 0 spiro atoms. The second-order valence-corrected chi connectivity index (χ2v) is 7.60. The van der Waals surface area contributed by atoms with Gasteiger partial charge in [-0.25, -0.2) is 13.1 Å². The lowest BCUT2D eigenvalue weighted by Crippen LogP contribution is -2.39. The van der Waals surface area contributed by atoms with Crippen LogP contribution < -0.4 is 10.0 Å². The van der Waals surface area contributed by atoms with Crippen molar-refractivity contribution in [3.8, 4) is 0 Å².